The van der Waals surface area contributed by atoms with E-state index in [2.05, 4.69) is 107 Å². The molecule has 0 atom stereocenters. The van der Waals surface area contributed by atoms with Crippen LogP contribution >= 0.6 is 0 Å². The van der Waals surface area contributed by atoms with Gasteiger partial charge < -0.3 is 5.32 Å². The zero-order valence-electron chi connectivity index (χ0n) is 13.0. The summed E-state index contributed by atoms with van der Waals surface area (Å²) in [7, 11) is 0. The number of nitrogens with one attached hydrogen (secondary N) is 1. The Morgan fingerprint density at radius 1 is 0.957 bits per heavy atom. The summed E-state index contributed by atoms with van der Waals surface area (Å²) in [6.45, 7) is 0. The van der Waals surface area contributed by atoms with E-state index in [1.54, 1.807) is 0 Å². The first-order valence-corrected chi connectivity index (χ1v) is 9.57. The van der Waals surface area contributed by atoms with Gasteiger partial charge in [0.05, 0.1) is 0 Å². The molecule has 23 heavy (non-hydrogen) atoms. The maximum Gasteiger partial charge on any atom is 0.256 e. The highest BCUT2D eigenvalue weighted by Crippen LogP contribution is 2.27. The Morgan fingerprint density at radius 3 is 2.57 bits per heavy atom. The number of benzene rings is 2. The molecule has 0 saturated carbocycles. The van der Waals surface area contributed by atoms with Crippen molar-refractivity contribution in [2.24, 2.45) is 0 Å². The SMILES string of the molecule is [IH+]C/C=C\c1cccc(NC2=CC=C(c3ccccc3)CC2)c1. The summed E-state index contributed by atoms with van der Waals surface area (Å²) in [5, 5.41) is 3.55. The molecule has 0 radical (unpaired) electrons. The monoisotopic (exact) mass is 414 g/mol. The summed E-state index contributed by atoms with van der Waals surface area (Å²) >= 11 is 2.09. The third kappa shape index (κ3) is 4.58. The van der Waals surface area contributed by atoms with Crippen molar-refractivity contribution in [3.8, 4) is 0 Å². The lowest BCUT2D eigenvalue weighted by Crippen LogP contribution is -3.35. The zero-order valence-corrected chi connectivity index (χ0v) is 15.4. The molecule has 0 saturated heterocycles. The topological polar surface area (TPSA) is 12.0 Å². The number of hydrogen-bond acceptors (Lipinski definition) is 1. The number of anilines is 1. The molecule has 0 aliphatic heterocycles. The van der Waals surface area contributed by atoms with Gasteiger partial charge in [-0.05, 0) is 53.8 Å². The summed E-state index contributed by atoms with van der Waals surface area (Å²) in [6.07, 6.45) is 11.0. The highest BCUT2D eigenvalue weighted by molar-refractivity contribution is 5.69. The molecule has 0 aromatic heterocycles. The minimum absolute atomic E-state index is 1.05. The fraction of sp³-hybridized carbons (Fsp3) is 0.143. The van der Waals surface area contributed by atoms with Crippen LogP contribution in [0.15, 0.2) is 78.5 Å². The largest absolute Gasteiger partial charge is 0.359 e. The molecule has 3 rings (SSSR count). The van der Waals surface area contributed by atoms with Crippen LogP contribution < -0.4 is 27.9 Å². The number of allylic oxidation sites excluding steroid dienone is 5. The molecule has 0 amide bonds. The van der Waals surface area contributed by atoms with E-state index >= 15 is 0 Å². The summed E-state index contributed by atoms with van der Waals surface area (Å²) < 4.78 is 1.08. The molecular weight excluding hydrogens is 393 g/mol. The molecule has 2 heteroatoms. The van der Waals surface area contributed by atoms with E-state index in [0.717, 1.165) is 23.0 Å². The first-order chi connectivity index (χ1) is 11.3. The van der Waals surface area contributed by atoms with Gasteiger partial charge in [-0.25, -0.2) is 0 Å². The Morgan fingerprint density at radius 2 is 1.83 bits per heavy atom. The standard InChI is InChI=1S/C21H21IN/c22-15-5-7-17-6-4-10-21(16-17)23-20-13-11-19(12-14-20)18-8-2-1-3-9-18/h1-11,13,16,22-23H,12,14-15H2/q+1/b7-5-. The van der Waals surface area contributed by atoms with Crippen LogP contribution in [0.1, 0.15) is 24.0 Å². The number of rotatable bonds is 5. The van der Waals surface area contributed by atoms with E-state index in [1.165, 1.54) is 22.4 Å². The van der Waals surface area contributed by atoms with Gasteiger partial charge in [0.15, 0.2) is 4.43 Å². The number of halogens is 1. The third-order valence-corrected chi connectivity index (χ3v) is 4.44. The van der Waals surface area contributed by atoms with E-state index < -0.39 is 0 Å². The summed E-state index contributed by atoms with van der Waals surface area (Å²) in [5.74, 6) is 0. The smallest absolute Gasteiger partial charge is 0.256 e. The Bertz CT molecular complexity index is 741. The van der Waals surface area contributed by atoms with Crippen molar-refractivity contribution in [1.82, 2.24) is 0 Å². The minimum Gasteiger partial charge on any atom is -0.359 e. The molecule has 0 unspecified atom stereocenters. The first kappa shape index (κ1) is 16.1. The average Bonchev–Trinajstić information content (AvgIpc) is 2.62. The van der Waals surface area contributed by atoms with Crippen molar-refractivity contribution in [2.45, 2.75) is 12.8 Å². The van der Waals surface area contributed by atoms with Crippen LogP contribution in [0.2, 0.25) is 0 Å². The van der Waals surface area contributed by atoms with Gasteiger partial charge >= 0.3 is 0 Å². The first-order valence-electron chi connectivity index (χ1n) is 7.92. The fourth-order valence-electron chi connectivity index (χ4n) is 2.72. The van der Waals surface area contributed by atoms with Gasteiger partial charge in [-0.15, -0.1) is 0 Å². The highest BCUT2D eigenvalue weighted by Gasteiger charge is 2.08. The van der Waals surface area contributed by atoms with Gasteiger partial charge in [0.25, 0.3) is 22.6 Å². The summed E-state index contributed by atoms with van der Waals surface area (Å²) in [5.41, 5.74) is 6.43. The summed E-state index contributed by atoms with van der Waals surface area (Å²) in [4.78, 5) is 0. The van der Waals surface area contributed by atoms with Gasteiger partial charge in [-0.3, -0.25) is 0 Å². The second-order valence-electron chi connectivity index (χ2n) is 5.57. The van der Waals surface area contributed by atoms with Crippen LogP contribution in [0, 0.1) is 0 Å². The Labute approximate surface area is 152 Å². The molecule has 0 spiro atoms. The molecule has 0 bridgehead atoms. The Hall–Kier alpha value is -1.81. The van der Waals surface area contributed by atoms with Crippen LogP contribution in [-0.2, 0) is 0 Å². The van der Waals surface area contributed by atoms with Crippen molar-refractivity contribution in [2.75, 3.05) is 9.74 Å². The second-order valence-corrected chi connectivity index (χ2v) is 6.52. The van der Waals surface area contributed by atoms with Crippen LogP contribution in [0.4, 0.5) is 5.69 Å². The van der Waals surface area contributed by atoms with Gasteiger partial charge in [0.2, 0.25) is 0 Å². The van der Waals surface area contributed by atoms with E-state index in [0.29, 0.717) is 0 Å². The molecule has 1 aliphatic rings. The van der Waals surface area contributed by atoms with Crippen LogP contribution in [0.25, 0.3) is 11.6 Å². The molecular formula is C21H21IN+. The molecule has 2 aromatic rings. The fourth-order valence-corrected chi connectivity index (χ4v) is 3.00. The van der Waals surface area contributed by atoms with E-state index in [-0.39, 0.29) is 0 Å². The molecule has 116 valence electrons. The predicted octanol–water partition coefficient (Wildman–Crippen LogP) is 2.16. The number of hydrogen-bond donors (Lipinski definition) is 1. The van der Waals surface area contributed by atoms with Crippen LogP contribution in [0.3, 0.4) is 0 Å². The quantitative estimate of drug-likeness (QED) is 0.584. The Balaban J connectivity index is 1.71. The molecule has 1 nitrogen and oxygen atoms in total. The molecule has 2 aromatic carbocycles. The third-order valence-electron chi connectivity index (χ3n) is 3.89. The lowest BCUT2D eigenvalue weighted by molar-refractivity contribution is -0.352. The van der Waals surface area contributed by atoms with Crippen molar-refractivity contribution in [3.05, 3.63) is 89.6 Å². The van der Waals surface area contributed by atoms with E-state index in [9.17, 15) is 0 Å². The van der Waals surface area contributed by atoms with Gasteiger partial charge in [-0.1, -0.05) is 54.6 Å². The summed E-state index contributed by atoms with van der Waals surface area (Å²) in [6, 6.07) is 19.2. The Kier molecular flexibility index (Phi) is 5.70. The lowest BCUT2D eigenvalue weighted by Gasteiger charge is -2.17. The van der Waals surface area contributed by atoms with Gasteiger partial charge in [-0.2, -0.15) is 0 Å². The molecule has 0 heterocycles. The van der Waals surface area contributed by atoms with Gasteiger partial charge in [0, 0.05) is 11.4 Å². The van der Waals surface area contributed by atoms with Crippen LogP contribution in [-0.4, -0.2) is 4.43 Å². The normalized spacial score (nSPS) is 14.5. The predicted molar refractivity (Wildman–Crippen MR) is 97.1 cm³/mol. The van der Waals surface area contributed by atoms with Crippen molar-refractivity contribution >= 4 is 17.3 Å². The molecule has 0 fully saturated rings. The maximum atomic E-state index is 3.55. The zero-order chi connectivity index (χ0) is 15.9. The van der Waals surface area contributed by atoms with Crippen molar-refractivity contribution < 1.29 is 22.6 Å². The minimum atomic E-state index is 1.05. The van der Waals surface area contributed by atoms with E-state index in [4.69, 9.17) is 0 Å². The van der Waals surface area contributed by atoms with Crippen LogP contribution in [0.5, 0.6) is 0 Å². The average molecular weight is 414 g/mol. The maximum absolute atomic E-state index is 3.55. The second kappa shape index (κ2) is 8.16. The lowest BCUT2D eigenvalue weighted by atomic mass is 9.96. The van der Waals surface area contributed by atoms with E-state index in [1.807, 2.05) is 0 Å². The molecule has 1 N–H and O–H groups in total. The molecule has 1 aliphatic carbocycles. The highest BCUT2D eigenvalue weighted by atomic mass is 127. The van der Waals surface area contributed by atoms with Crippen molar-refractivity contribution in [3.63, 3.8) is 0 Å². The number of alkyl halides is 1. The van der Waals surface area contributed by atoms with Gasteiger partial charge in [0.1, 0.15) is 0 Å². The van der Waals surface area contributed by atoms with Crippen molar-refractivity contribution in [1.29, 1.82) is 0 Å².